The SMILES string of the molecule is CCOC(=O)n1ccnc1[C@@H](C)c1cccc(C)c1C. The summed E-state index contributed by atoms with van der Waals surface area (Å²) in [6, 6.07) is 6.20. The first kappa shape index (κ1) is 14.3. The van der Waals surface area contributed by atoms with E-state index in [1.807, 2.05) is 6.07 Å². The quantitative estimate of drug-likeness (QED) is 0.856. The molecule has 0 aliphatic rings. The Labute approximate surface area is 119 Å². The first-order valence-corrected chi connectivity index (χ1v) is 6.82. The van der Waals surface area contributed by atoms with Gasteiger partial charge in [-0.25, -0.2) is 14.3 Å². The zero-order chi connectivity index (χ0) is 14.7. The number of ether oxygens (including phenoxy) is 1. The van der Waals surface area contributed by atoms with E-state index in [4.69, 9.17) is 4.74 Å². The zero-order valence-corrected chi connectivity index (χ0v) is 12.4. The van der Waals surface area contributed by atoms with Crippen molar-refractivity contribution in [3.8, 4) is 0 Å². The molecule has 0 unspecified atom stereocenters. The van der Waals surface area contributed by atoms with E-state index >= 15 is 0 Å². The molecule has 1 aromatic carbocycles. The number of imidazole rings is 1. The lowest BCUT2D eigenvalue weighted by molar-refractivity contribution is 0.153. The lowest BCUT2D eigenvalue weighted by atomic mass is 9.93. The molecule has 0 fully saturated rings. The summed E-state index contributed by atoms with van der Waals surface area (Å²) >= 11 is 0. The molecule has 4 nitrogen and oxygen atoms in total. The van der Waals surface area contributed by atoms with Crippen LogP contribution in [0.15, 0.2) is 30.6 Å². The van der Waals surface area contributed by atoms with Gasteiger partial charge in [0.25, 0.3) is 0 Å². The van der Waals surface area contributed by atoms with Crippen LogP contribution in [0.2, 0.25) is 0 Å². The molecule has 0 amide bonds. The molecule has 0 spiro atoms. The summed E-state index contributed by atoms with van der Waals surface area (Å²) in [7, 11) is 0. The van der Waals surface area contributed by atoms with Crippen molar-refractivity contribution in [1.29, 1.82) is 0 Å². The van der Waals surface area contributed by atoms with Gasteiger partial charge in [0.15, 0.2) is 0 Å². The molecule has 1 heterocycles. The van der Waals surface area contributed by atoms with Gasteiger partial charge in [0.2, 0.25) is 0 Å². The highest BCUT2D eigenvalue weighted by Gasteiger charge is 2.20. The van der Waals surface area contributed by atoms with E-state index in [1.54, 1.807) is 19.3 Å². The Kier molecular flexibility index (Phi) is 4.23. The van der Waals surface area contributed by atoms with Gasteiger partial charge in [-0.05, 0) is 37.5 Å². The number of aryl methyl sites for hydroxylation is 1. The van der Waals surface area contributed by atoms with Crippen molar-refractivity contribution >= 4 is 6.09 Å². The van der Waals surface area contributed by atoms with Crippen LogP contribution in [-0.2, 0) is 4.74 Å². The summed E-state index contributed by atoms with van der Waals surface area (Å²) < 4.78 is 6.53. The Hall–Kier alpha value is -2.10. The van der Waals surface area contributed by atoms with Crippen LogP contribution in [-0.4, -0.2) is 22.3 Å². The smallest absolute Gasteiger partial charge is 0.419 e. The number of aromatic nitrogens is 2. The fraction of sp³-hybridized carbons (Fsp3) is 0.375. The van der Waals surface area contributed by atoms with Gasteiger partial charge in [-0.3, -0.25) is 0 Å². The number of nitrogens with zero attached hydrogens (tertiary/aromatic N) is 2. The van der Waals surface area contributed by atoms with E-state index in [9.17, 15) is 4.79 Å². The van der Waals surface area contributed by atoms with Crippen LogP contribution in [0.5, 0.6) is 0 Å². The second-order valence-corrected chi connectivity index (χ2v) is 4.87. The van der Waals surface area contributed by atoms with Crippen molar-refractivity contribution in [3.05, 3.63) is 53.1 Å². The van der Waals surface area contributed by atoms with Gasteiger partial charge < -0.3 is 4.74 Å². The molecule has 0 aliphatic carbocycles. The van der Waals surface area contributed by atoms with Crippen LogP contribution in [0.3, 0.4) is 0 Å². The van der Waals surface area contributed by atoms with Crippen LogP contribution in [0.25, 0.3) is 0 Å². The van der Waals surface area contributed by atoms with E-state index in [-0.39, 0.29) is 12.0 Å². The maximum atomic E-state index is 11.9. The topological polar surface area (TPSA) is 44.1 Å². The van der Waals surface area contributed by atoms with E-state index in [2.05, 4.69) is 37.9 Å². The minimum Gasteiger partial charge on any atom is -0.449 e. The summed E-state index contributed by atoms with van der Waals surface area (Å²) in [6.45, 7) is 8.39. The summed E-state index contributed by atoms with van der Waals surface area (Å²) in [5.74, 6) is 0.742. The number of hydrogen-bond donors (Lipinski definition) is 0. The number of rotatable bonds is 3. The number of carbonyl (C=O) groups is 1. The molecule has 20 heavy (non-hydrogen) atoms. The van der Waals surface area contributed by atoms with Gasteiger partial charge >= 0.3 is 6.09 Å². The largest absolute Gasteiger partial charge is 0.449 e. The Bertz CT molecular complexity index is 617. The van der Waals surface area contributed by atoms with Crippen molar-refractivity contribution in [2.45, 2.75) is 33.6 Å². The van der Waals surface area contributed by atoms with Crippen LogP contribution in [0.4, 0.5) is 4.79 Å². The summed E-state index contributed by atoms with van der Waals surface area (Å²) in [5.41, 5.74) is 3.66. The maximum absolute atomic E-state index is 11.9. The molecule has 1 atom stereocenters. The average molecular weight is 272 g/mol. The van der Waals surface area contributed by atoms with Crippen LogP contribution < -0.4 is 0 Å². The van der Waals surface area contributed by atoms with Crippen LogP contribution >= 0.6 is 0 Å². The van der Waals surface area contributed by atoms with Crippen molar-refractivity contribution in [3.63, 3.8) is 0 Å². The molecule has 1 aromatic heterocycles. The molecule has 2 aromatic rings. The van der Waals surface area contributed by atoms with Gasteiger partial charge in [-0.1, -0.05) is 25.1 Å². The molecule has 0 N–H and O–H groups in total. The van der Waals surface area contributed by atoms with E-state index < -0.39 is 0 Å². The van der Waals surface area contributed by atoms with Crippen molar-refractivity contribution < 1.29 is 9.53 Å². The fourth-order valence-corrected chi connectivity index (χ4v) is 2.36. The van der Waals surface area contributed by atoms with Crippen molar-refractivity contribution in [2.75, 3.05) is 6.61 Å². The monoisotopic (exact) mass is 272 g/mol. The van der Waals surface area contributed by atoms with E-state index in [0.717, 1.165) is 0 Å². The molecule has 2 rings (SSSR count). The first-order chi connectivity index (χ1) is 9.56. The Morgan fingerprint density at radius 3 is 2.85 bits per heavy atom. The highest BCUT2D eigenvalue weighted by molar-refractivity contribution is 5.71. The van der Waals surface area contributed by atoms with Crippen molar-refractivity contribution in [1.82, 2.24) is 9.55 Å². The Morgan fingerprint density at radius 2 is 2.15 bits per heavy atom. The standard InChI is InChI=1S/C16H20N2O2/c1-5-20-16(19)18-10-9-17-15(18)13(4)14-8-6-7-11(2)12(14)3/h6-10,13H,5H2,1-4H3/t13-/m0/s1. The number of benzene rings is 1. The van der Waals surface area contributed by atoms with Gasteiger partial charge in [0.05, 0.1) is 6.61 Å². The van der Waals surface area contributed by atoms with Gasteiger partial charge in [0, 0.05) is 18.3 Å². The first-order valence-electron chi connectivity index (χ1n) is 6.82. The Balaban J connectivity index is 2.39. The molecular weight excluding hydrogens is 252 g/mol. The van der Waals surface area contributed by atoms with Crippen LogP contribution in [0.1, 0.15) is 42.3 Å². The lowest BCUT2D eigenvalue weighted by Gasteiger charge is -2.16. The van der Waals surface area contributed by atoms with E-state index in [1.165, 1.54) is 21.3 Å². The maximum Gasteiger partial charge on any atom is 0.419 e. The van der Waals surface area contributed by atoms with Gasteiger partial charge in [0.1, 0.15) is 5.82 Å². The third-order valence-corrected chi connectivity index (χ3v) is 3.63. The average Bonchev–Trinajstić information content (AvgIpc) is 2.91. The molecule has 0 aliphatic heterocycles. The second kappa shape index (κ2) is 5.90. The molecule has 106 valence electrons. The zero-order valence-electron chi connectivity index (χ0n) is 12.4. The molecule has 0 saturated carbocycles. The third kappa shape index (κ3) is 2.59. The van der Waals surface area contributed by atoms with Gasteiger partial charge in [-0.2, -0.15) is 0 Å². The predicted molar refractivity (Wildman–Crippen MR) is 78.1 cm³/mol. The Morgan fingerprint density at radius 1 is 1.40 bits per heavy atom. The van der Waals surface area contributed by atoms with E-state index in [0.29, 0.717) is 12.4 Å². The molecule has 0 saturated heterocycles. The molecule has 0 radical (unpaired) electrons. The minimum absolute atomic E-state index is 0.0364. The normalized spacial score (nSPS) is 12.2. The lowest BCUT2D eigenvalue weighted by Crippen LogP contribution is -2.18. The molecule has 0 bridgehead atoms. The second-order valence-electron chi connectivity index (χ2n) is 4.87. The highest BCUT2D eigenvalue weighted by atomic mass is 16.5. The van der Waals surface area contributed by atoms with Crippen LogP contribution in [0, 0.1) is 13.8 Å². The van der Waals surface area contributed by atoms with Gasteiger partial charge in [-0.15, -0.1) is 0 Å². The summed E-state index contributed by atoms with van der Waals surface area (Å²) in [5, 5.41) is 0. The highest BCUT2D eigenvalue weighted by Crippen LogP contribution is 2.27. The fourth-order valence-electron chi connectivity index (χ4n) is 2.36. The van der Waals surface area contributed by atoms with Crippen molar-refractivity contribution in [2.24, 2.45) is 0 Å². The predicted octanol–water partition coefficient (Wildman–Crippen LogP) is 3.66. The minimum atomic E-state index is -0.378. The summed E-state index contributed by atoms with van der Waals surface area (Å²) in [4.78, 5) is 16.2. The molecule has 4 heteroatoms. The third-order valence-electron chi connectivity index (χ3n) is 3.63. The molecular formula is C16H20N2O2. The summed E-state index contributed by atoms with van der Waals surface area (Å²) in [6.07, 6.45) is 2.90. The number of hydrogen-bond acceptors (Lipinski definition) is 3. The number of carbonyl (C=O) groups excluding carboxylic acids is 1.